The van der Waals surface area contributed by atoms with Gasteiger partial charge in [0.25, 0.3) is 10.0 Å². The molecule has 9 heteroatoms. The Labute approximate surface area is 196 Å². The van der Waals surface area contributed by atoms with E-state index in [0.29, 0.717) is 34.6 Å². The van der Waals surface area contributed by atoms with Crippen LogP contribution in [0.15, 0.2) is 57.9 Å². The number of hydrogen-bond acceptors (Lipinski definition) is 6. The molecule has 3 rings (SSSR count). The minimum absolute atomic E-state index is 0.117. The van der Waals surface area contributed by atoms with Crippen LogP contribution in [0.1, 0.15) is 21.6 Å². The Kier molecular flexibility index (Phi) is 7.56. The van der Waals surface area contributed by atoms with Gasteiger partial charge in [-0.3, -0.25) is 4.79 Å². The molecular weight excluding hydrogens is 456 g/mol. The van der Waals surface area contributed by atoms with Crippen molar-refractivity contribution >= 4 is 30.3 Å². The van der Waals surface area contributed by atoms with Gasteiger partial charge in [0.15, 0.2) is 0 Å². The van der Waals surface area contributed by atoms with Gasteiger partial charge in [0.2, 0.25) is 5.88 Å². The van der Waals surface area contributed by atoms with Crippen molar-refractivity contribution in [3.05, 3.63) is 65.4 Å². The molecule has 0 aliphatic heterocycles. The van der Waals surface area contributed by atoms with E-state index < -0.39 is 18.1 Å². The maximum absolute atomic E-state index is 13.9. The Morgan fingerprint density at radius 3 is 2.30 bits per heavy atom. The molecule has 0 amide bonds. The fraction of sp³-hybridized carbons (Fsp3) is 0.333. The number of hydrogen-bond donors (Lipinski definition) is 0. The van der Waals surface area contributed by atoms with E-state index in [9.17, 15) is 13.2 Å². The summed E-state index contributed by atoms with van der Waals surface area (Å²) in [6, 6.07) is 14.5. The molecule has 0 saturated heterocycles. The van der Waals surface area contributed by atoms with Gasteiger partial charge in [-0.1, -0.05) is 67.3 Å². The first-order chi connectivity index (χ1) is 15.5. The summed E-state index contributed by atoms with van der Waals surface area (Å²) in [5, 5.41) is 3.95. The monoisotopic (exact) mass is 486 g/mol. The smallest absolute Gasteiger partial charge is 0.269 e. The third-order valence-electron chi connectivity index (χ3n) is 5.38. The van der Waals surface area contributed by atoms with Crippen LogP contribution >= 0.6 is 0 Å². The maximum atomic E-state index is 13.9. The van der Waals surface area contributed by atoms with E-state index >= 15 is 0 Å². The third-order valence-corrected chi connectivity index (χ3v) is 8.84. The lowest BCUT2D eigenvalue weighted by atomic mass is 10.0. The predicted octanol–water partition coefficient (Wildman–Crippen LogP) is 5.28. The second kappa shape index (κ2) is 10.0. The van der Waals surface area contributed by atoms with Crippen molar-refractivity contribution in [2.45, 2.75) is 44.4 Å². The summed E-state index contributed by atoms with van der Waals surface area (Å²) in [5.74, 6) is 0.145. The Hall–Kier alpha value is -2.75. The molecule has 0 bridgehead atoms. The number of nitrogens with zero attached hydrogens (tertiary/aromatic N) is 2. The average Bonchev–Trinajstić information content (AvgIpc) is 3.11. The Bertz CT molecular complexity index is 1210. The van der Waals surface area contributed by atoms with Crippen LogP contribution in [0.25, 0.3) is 11.1 Å². The van der Waals surface area contributed by atoms with Crippen molar-refractivity contribution < 1.29 is 22.5 Å². The standard InChI is InChI=1S/C24H30N2O5SSi/c1-18-19(2)25-31-24(18)26(17-30-14-15-33(3,4)5)32(28,29)23-9-7-6-8-22(23)21-12-10-20(16-27)11-13-21/h6-13,16H,14-15,17H2,1-5H3. The first kappa shape index (κ1) is 24.9. The van der Waals surface area contributed by atoms with E-state index in [2.05, 4.69) is 24.8 Å². The highest BCUT2D eigenvalue weighted by Crippen LogP contribution is 2.33. The van der Waals surface area contributed by atoms with Gasteiger partial charge in [0.1, 0.15) is 13.0 Å². The highest BCUT2D eigenvalue weighted by atomic mass is 32.2. The van der Waals surface area contributed by atoms with Crippen molar-refractivity contribution in [1.29, 1.82) is 0 Å². The van der Waals surface area contributed by atoms with Gasteiger partial charge in [-0.2, -0.15) is 0 Å². The Morgan fingerprint density at radius 2 is 1.73 bits per heavy atom. The summed E-state index contributed by atoms with van der Waals surface area (Å²) in [4.78, 5) is 11.1. The van der Waals surface area contributed by atoms with E-state index in [0.717, 1.165) is 16.6 Å². The maximum Gasteiger partial charge on any atom is 0.269 e. The van der Waals surface area contributed by atoms with E-state index in [4.69, 9.17) is 9.26 Å². The molecule has 176 valence electrons. The molecule has 0 aliphatic rings. The summed E-state index contributed by atoms with van der Waals surface area (Å²) in [7, 11) is -5.40. The van der Waals surface area contributed by atoms with E-state index in [-0.39, 0.29) is 17.5 Å². The van der Waals surface area contributed by atoms with Gasteiger partial charge in [-0.25, -0.2) is 12.7 Å². The highest BCUT2D eigenvalue weighted by Gasteiger charge is 2.32. The molecule has 0 atom stereocenters. The normalized spacial score (nSPS) is 12.0. The number of benzene rings is 2. The minimum Gasteiger partial charge on any atom is -0.360 e. The van der Waals surface area contributed by atoms with Crippen LogP contribution in [-0.2, 0) is 14.8 Å². The Balaban J connectivity index is 2.03. The van der Waals surface area contributed by atoms with Gasteiger partial charge in [-0.05, 0) is 31.5 Å². The molecule has 33 heavy (non-hydrogen) atoms. The molecule has 0 N–H and O–H groups in total. The summed E-state index contributed by atoms with van der Waals surface area (Å²) in [5.41, 5.74) is 2.98. The van der Waals surface area contributed by atoms with Crippen LogP contribution in [0.3, 0.4) is 0 Å². The summed E-state index contributed by atoms with van der Waals surface area (Å²) < 4.78 is 40.2. The van der Waals surface area contributed by atoms with Crippen LogP contribution < -0.4 is 4.31 Å². The highest BCUT2D eigenvalue weighted by molar-refractivity contribution is 7.93. The van der Waals surface area contributed by atoms with Crippen LogP contribution in [-0.4, -0.2) is 41.3 Å². The number of carbonyl (C=O) groups excluding carboxylic acids is 1. The molecule has 0 fully saturated rings. The van der Waals surface area contributed by atoms with Gasteiger partial charge in [-0.15, -0.1) is 0 Å². The number of aldehydes is 1. The SMILES string of the molecule is Cc1noc(N(COCC[Si](C)(C)C)S(=O)(=O)c2ccccc2-c2ccc(C=O)cc2)c1C. The summed E-state index contributed by atoms with van der Waals surface area (Å²) in [6.45, 7) is 10.5. The molecule has 0 unspecified atom stereocenters. The number of ether oxygens (including phenoxy) is 1. The number of aromatic nitrogens is 1. The zero-order valence-corrected chi connectivity index (χ0v) is 21.5. The molecule has 1 heterocycles. The largest absolute Gasteiger partial charge is 0.360 e. The first-order valence-electron chi connectivity index (χ1n) is 10.7. The molecule has 0 radical (unpaired) electrons. The van der Waals surface area contributed by atoms with Gasteiger partial charge in [0, 0.05) is 31.4 Å². The number of anilines is 1. The molecule has 3 aromatic rings. The zero-order valence-electron chi connectivity index (χ0n) is 19.7. The van der Waals surface area contributed by atoms with Gasteiger partial charge in [0.05, 0.1) is 10.6 Å². The fourth-order valence-corrected chi connectivity index (χ4v) is 5.50. The number of carbonyl (C=O) groups is 1. The van der Waals surface area contributed by atoms with Crippen LogP contribution in [0, 0.1) is 13.8 Å². The van der Waals surface area contributed by atoms with Crippen LogP contribution in [0.2, 0.25) is 25.7 Å². The molecule has 0 saturated carbocycles. The minimum atomic E-state index is -4.06. The average molecular weight is 487 g/mol. The second-order valence-electron chi connectivity index (χ2n) is 9.14. The predicted molar refractivity (Wildman–Crippen MR) is 132 cm³/mol. The quantitative estimate of drug-likeness (QED) is 0.168. The number of sulfonamides is 1. The number of aryl methyl sites for hydroxylation is 1. The van der Waals surface area contributed by atoms with E-state index in [1.54, 1.807) is 62.4 Å². The lowest BCUT2D eigenvalue weighted by Gasteiger charge is -2.24. The zero-order chi connectivity index (χ0) is 24.2. The van der Waals surface area contributed by atoms with Gasteiger partial charge < -0.3 is 9.26 Å². The molecule has 1 aromatic heterocycles. The van der Waals surface area contributed by atoms with E-state index in [1.807, 2.05) is 0 Å². The third kappa shape index (κ3) is 5.79. The molecule has 7 nitrogen and oxygen atoms in total. The number of rotatable bonds is 10. The Morgan fingerprint density at radius 1 is 1.06 bits per heavy atom. The van der Waals surface area contributed by atoms with Crippen molar-refractivity contribution in [3.8, 4) is 11.1 Å². The summed E-state index contributed by atoms with van der Waals surface area (Å²) in [6.07, 6.45) is 0.751. The van der Waals surface area contributed by atoms with Crippen molar-refractivity contribution in [2.75, 3.05) is 17.6 Å². The molecule has 2 aromatic carbocycles. The van der Waals surface area contributed by atoms with E-state index in [1.165, 1.54) is 0 Å². The molecular formula is C24H30N2O5SSi. The van der Waals surface area contributed by atoms with Crippen molar-refractivity contribution in [2.24, 2.45) is 0 Å². The molecule has 0 spiro atoms. The van der Waals surface area contributed by atoms with Crippen LogP contribution in [0.5, 0.6) is 0 Å². The molecule has 0 aliphatic carbocycles. The van der Waals surface area contributed by atoms with Gasteiger partial charge >= 0.3 is 0 Å². The van der Waals surface area contributed by atoms with Crippen molar-refractivity contribution in [3.63, 3.8) is 0 Å². The fourth-order valence-electron chi connectivity index (χ4n) is 3.19. The lowest BCUT2D eigenvalue weighted by Crippen LogP contribution is -2.34. The summed E-state index contributed by atoms with van der Waals surface area (Å²) >= 11 is 0. The second-order valence-corrected chi connectivity index (χ2v) is 16.6. The lowest BCUT2D eigenvalue weighted by molar-refractivity contribution is 0.112. The van der Waals surface area contributed by atoms with Crippen LogP contribution in [0.4, 0.5) is 5.88 Å². The topological polar surface area (TPSA) is 89.7 Å². The van der Waals surface area contributed by atoms with Crippen molar-refractivity contribution in [1.82, 2.24) is 5.16 Å². The first-order valence-corrected chi connectivity index (χ1v) is 15.9.